The summed E-state index contributed by atoms with van der Waals surface area (Å²) in [6.45, 7) is 1.17. The zero-order valence-corrected chi connectivity index (χ0v) is 13.2. The second-order valence-electron chi connectivity index (χ2n) is 5.35. The Morgan fingerprint density at radius 2 is 1.80 bits per heavy atom. The third-order valence-corrected chi connectivity index (χ3v) is 5.88. The smallest absolute Gasteiger partial charge is 0.245 e. The van der Waals surface area contributed by atoms with Gasteiger partial charge in [0.2, 0.25) is 10.0 Å². The molecule has 2 rings (SSSR count). The Balaban J connectivity index is 2.20. The number of rotatable bonds is 4. The Morgan fingerprint density at radius 1 is 1.20 bits per heavy atom. The van der Waals surface area contributed by atoms with E-state index < -0.39 is 10.0 Å². The van der Waals surface area contributed by atoms with Gasteiger partial charge in [0.15, 0.2) is 0 Å². The zero-order chi connectivity index (χ0) is 14.8. The third-order valence-electron chi connectivity index (χ3n) is 3.93. The first-order chi connectivity index (χ1) is 9.46. The van der Waals surface area contributed by atoms with Crippen LogP contribution in [0.1, 0.15) is 12.8 Å². The maximum absolute atomic E-state index is 12.7. The van der Waals surface area contributed by atoms with Gasteiger partial charge in [-0.2, -0.15) is 4.31 Å². The first-order valence-corrected chi connectivity index (χ1v) is 8.34. The zero-order valence-electron chi connectivity index (χ0n) is 12.3. The SMILES string of the molecule is CNc1ccccc1S(=O)(=O)N1CCC(N(C)C)CC1. The van der Waals surface area contributed by atoms with Crippen molar-refractivity contribution >= 4 is 15.7 Å². The minimum absolute atomic E-state index is 0.366. The first kappa shape index (κ1) is 15.3. The van der Waals surface area contributed by atoms with Gasteiger partial charge < -0.3 is 10.2 Å². The maximum atomic E-state index is 12.7. The van der Waals surface area contributed by atoms with Crippen LogP contribution in [0.15, 0.2) is 29.2 Å². The minimum Gasteiger partial charge on any atom is -0.387 e. The second-order valence-corrected chi connectivity index (χ2v) is 7.25. The molecule has 5 nitrogen and oxygen atoms in total. The van der Waals surface area contributed by atoms with E-state index in [2.05, 4.69) is 10.2 Å². The van der Waals surface area contributed by atoms with Crippen LogP contribution in [0.4, 0.5) is 5.69 Å². The van der Waals surface area contributed by atoms with Crippen LogP contribution in [0.2, 0.25) is 0 Å². The Bertz CT molecular complexity index is 549. The number of nitrogens with zero attached hydrogens (tertiary/aromatic N) is 2. The summed E-state index contributed by atoms with van der Waals surface area (Å²) in [5.74, 6) is 0. The molecule has 1 aromatic carbocycles. The van der Waals surface area contributed by atoms with E-state index in [-0.39, 0.29) is 0 Å². The molecule has 0 aromatic heterocycles. The molecule has 1 aromatic rings. The molecule has 0 unspecified atom stereocenters. The summed E-state index contributed by atoms with van der Waals surface area (Å²) in [4.78, 5) is 2.54. The lowest BCUT2D eigenvalue weighted by Gasteiger charge is -2.34. The molecule has 1 fully saturated rings. The van der Waals surface area contributed by atoms with Crippen molar-refractivity contribution < 1.29 is 8.42 Å². The van der Waals surface area contributed by atoms with E-state index in [9.17, 15) is 8.42 Å². The lowest BCUT2D eigenvalue weighted by molar-refractivity contribution is 0.196. The van der Waals surface area contributed by atoms with E-state index in [0.717, 1.165) is 12.8 Å². The number of nitrogens with one attached hydrogen (secondary N) is 1. The molecule has 0 radical (unpaired) electrons. The molecule has 0 spiro atoms. The van der Waals surface area contributed by atoms with Gasteiger partial charge in [0.05, 0.1) is 5.69 Å². The quantitative estimate of drug-likeness (QED) is 0.914. The summed E-state index contributed by atoms with van der Waals surface area (Å²) in [6.07, 6.45) is 1.77. The van der Waals surface area contributed by atoms with Gasteiger partial charge in [-0.15, -0.1) is 0 Å². The van der Waals surface area contributed by atoms with Gasteiger partial charge in [-0.25, -0.2) is 8.42 Å². The van der Waals surface area contributed by atoms with Crippen molar-refractivity contribution in [2.24, 2.45) is 0 Å². The van der Waals surface area contributed by atoms with Gasteiger partial charge in [-0.1, -0.05) is 12.1 Å². The highest BCUT2D eigenvalue weighted by Crippen LogP contribution is 2.27. The fourth-order valence-corrected chi connectivity index (χ4v) is 4.30. The predicted molar refractivity (Wildman–Crippen MR) is 81.5 cm³/mol. The largest absolute Gasteiger partial charge is 0.387 e. The standard InChI is InChI=1S/C14H23N3O2S/c1-15-13-6-4-5-7-14(13)20(18,19)17-10-8-12(9-11-17)16(2)3/h4-7,12,15H,8-11H2,1-3H3. The monoisotopic (exact) mass is 297 g/mol. The topological polar surface area (TPSA) is 52.7 Å². The Labute approximate surface area is 121 Å². The van der Waals surface area contributed by atoms with Crippen LogP contribution in [0.3, 0.4) is 0 Å². The van der Waals surface area contributed by atoms with Crippen LogP contribution >= 0.6 is 0 Å². The van der Waals surface area contributed by atoms with E-state index >= 15 is 0 Å². The molecule has 0 atom stereocenters. The summed E-state index contributed by atoms with van der Waals surface area (Å²) in [5, 5.41) is 2.95. The highest BCUT2D eigenvalue weighted by atomic mass is 32.2. The van der Waals surface area contributed by atoms with E-state index in [1.54, 1.807) is 29.6 Å². The van der Waals surface area contributed by atoms with Gasteiger partial charge in [-0.05, 0) is 39.1 Å². The van der Waals surface area contributed by atoms with E-state index in [1.165, 1.54) is 0 Å². The summed E-state index contributed by atoms with van der Waals surface area (Å²) >= 11 is 0. The highest BCUT2D eigenvalue weighted by molar-refractivity contribution is 7.89. The molecule has 6 heteroatoms. The van der Waals surface area contributed by atoms with Gasteiger partial charge in [-0.3, -0.25) is 0 Å². The van der Waals surface area contributed by atoms with E-state index in [4.69, 9.17) is 0 Å². The summed E-state index contributed by atoms with van der Waals surface area (Å²) in [7, 11) is 2.43. The molecule has 0 bridgehead atoms. The molecule has 112 valence electrons. The van der Waals surface area contributed by atoms with E-state index in [0.29, 0.717) is 29.7 Å². The van der Waals surface area contributed by atoms with Crippen LogP contribution in [-0.4, -0.2) is 57.9 Å². The van der Waals surface area contributed by atoms with Crippen molar-refractivity contribution in [3.8, 4) is 0 Å². The van der Waals surface area contributed by atoms with E-state index in [1.807, 2.05) is 20.2 Å². The minimum atomic E-state index is -3.40. The lowest BCUT2D eigenvalue weighted by Crippen LogP contribution is -2.44. The molecule has 1 heterocycles. The third kappa shape index (κ3) is 2.97. The van der Waals surface area contributed by atoms with Crippen molar-refractivity contribution in [2.45, 2.75) is 23.8 Å². The second kappa shape index (κ2) is 6.11. The normalized spacial score (nSPS) is 18.4. The number of hydrogen-bond acceptors (Lipinski definition) is 4. The molecule has 0 saturated carbocycles. The van der Waals surface area contributed by atoms with Crippen molar-refractivity contribution in [3.63, 3.8) is 0 Å². The Hall–Kier alpha value is -1.11. The fourth-order valence-electron chi connectivity index (χ4n) is 2.64. The predicted octanol–water partition coefficient (Wildman–Crippen LogP) is 1.44. The Morgan fingerprint density at radius 3 is 2.35 bits per heavy atom. The summed E-state index contributed by atoms with van der Waals surface area (Å²) in [5.41, 5.74) is 0.655. The van der Waals surface area contributed by atoms with Crippen molar-refractivity contribution in [1.82, 2.24) is 9.21 Å². The van der Waals surface area contributed by atoms with Gasteiger partial charge >= 0.3 is 0 Å². The number of para-hydroxylation sites is 1. The number of sulfonamides is 1. The maximum Gasteiger partial charge on any atom is 0.245 e. The number of anilines is 1. The molecule has 1 aliphatic heterocycles. The molecular weight excluding hydrogens is 274 g/mol. The fraction of sp³-hybridized carbons (Fsp3) is 0.571. The molecule has 1 saturated heterocycles. The van der Waals surface area contributed by atoms with Gasteiger partial charge in [0.1, 0.15) is 4.90 Å². The molecule has 0 aliphatic carbocycles. The summed E-state index contributed by atoms with van der Waals surface area (Å²) < 4.78 is 27.0. The number of hydrogen-bond donors (Lipinski definition) is 1. The molecule has 20 heavy (non-hydrogen) atoms. The number of benzene rings is 1. The summed E-state index contributed by atoms with van der Waals surface area (Å²) in [6, 6.07) is 7.53. The van der Waals surface area contributed by atoms with Crippen molar-refractivity contribution in [2.75, 3.05) is 39.5 Å². The molecule has 1 aliphatic rings. The van der Waals surface area contributed by atoms with Crippen LogP contribution in [0.5, 0.6) is 0 Å². The average Bonchev–Trinajstić information content (AvgIpc) is 2.47. The molecule has 0 amide bonds. The lowest BCUT2D eigenvalue weighted by atomic mass is 10.1. The average molecular weight is 297 g/mol. The first-order valence-electron chi connectivity index (χ1n) is 6.90. The van der Waals surface area contributed by atoms with Crippen molar-refractivity contribution in [3.05, 3.63) is 24.3 Å². The van der Waals surface area contributed by atoms with Crippen LogP contribution in [0, 0.1) is 0 Å². The van der Waals surface area contributed by atoms with Gasteiger partial charge in [0.25, 0.3) is 0 Å². The van der Waals surface area contributed by atoms with Crippen molar-refractivity contribution in [1.29, 1.82) is 0 Å². The molecule has 1 N–H and O–H groups in total. The highest BCUT2D eigenvalue weighted by Gasteiger charge is 2.31. The molecular formula is C14H23N3O2S. The Kier molecular flexibility index (Phi) is 4.67. The van der Waals surface area contributed by atoms with Crippen LogP contribution in [0.25, 0.3) is 0 Å². The van der Waals surface area contributed by atoms with Crippen LogP contribution in [-0.2, 0) is 10.0 Å². The van der Waals surface area contributed by atoms with Crippen LogP contribution < -0.4 is 5.32 Å². The van der Waals surface area contributed by atoms with Gasteiger partial charge in [0, 0.05) is 26.2 Å². The number of piperidine rings is 1.